The van der Waals surface area contributed by atoms with E-state index in [2.05, 4.69) is 20.8 Å². The van der Waals surface area contributed by atoms with E-state index < -0.39 is 0 Å². The molecule has 14 heavy (non-hydrogen) atoms. The van der Waals surface area contributed by atoms with Gasteiger partial charge in [0, 0.05) is 6.42 Å². The molecule has 0 aromatic heterocycles. The van der Waals surface area contributed by atoms with E-state index in [4.69, 9.17) is 0 Å². The molecule has 78 valence electrons. The van der Waals surface area contributed by atoms with Crippen LogP contribution < -0.4 is 0 Å². The third kappa shape index (κ3) is 1.43. The molecule has 0 aliphatic heterocycles. The van der Waals surface area contributed by atoms with E-state index in [0.717, 1.165) is 18.8 Å². The van der Waals surface area contributed by atoms with Crippen molar-refractivity contribution in [2.24, 2.45) is 17.3 Å². The van der Waals surface area contributed by atoms with Gasteiger partial charge >= 0.3 is 0 Å². The predicted molar refractivity (Wildman–Crippen MR) is 58.0 cm³/mol. The van der Waals surface area contributed by atoms with Crippen LogP contribution in [0.4, 0.5) is 0 Å². The van der Waals surface area contributed by atoms with Crippen LogP contribution in [0.1, 0.15) is 46.5 Å². The standard InChI is InChI=1S/C13H20O/c1-9-4-5-10-6-7-11(14)8-12(10)13(9,2)3/h8-10H,4-7H2,1-3H3. The van der Waals surface area contributed by atoms with Gasteiger partial charge < -0.3 is 0 Å². The van der Waals surface area contributed by atoms with Crippen LogP contribution >= 0.6 is 0 Å². The Hall–Kier alpha value is -0.590. The Kier molecular flexibility index (Phi) is 2.29. The molecule has 2 unspecified atom stereocenters. The molecule has 2 aliphatic carbocycles. The van der Waals surface area contributed by atoms with Crippen LogP contribution in [-0.2, 0) is 4.79 Å². The number of hydrogen-bond donors (Lipinski definition) is 0. The lowest BCUT2D eigenvalue weighted by atomic mass is 9.60. The van der Waals surface area contributed by atoms with Crippen molar-refractivity contribution in [3.8, 4) is 0 Å². The molecule has 0 bridgehead atoms. The van der Waals surface area contributed by atoms with Gasteiger partial charge in [-0.15, -0.1) is 0 Å². The topological polar surface area (TPSA) is 17.1 Å². The van der Waals surface area contributed by atoms with E-state index in [-0.39, 0.29) is 5.41 Å². The van der Waals surface area contributed by atoms with Gasteiger partial charge in [-0.1, -0.05) is 26.3 Å². The summed E-state index contributed by atoms with van der Waals surface area (Å²) in [5.41, 5.74) is 1.69. The third-order valence-corrected chi connectivity index (χ3v) is 4.42. The summed E-state index contributed by atoms with van der Waals surface area (Å²) in [5.74, 6) is 1.77. The molecular weight excluding hydrogens is 172 g/mol. The minimum Gasteiger partial charge on any atom is -0.295 e. The van der Waals surface area contributed by atoms with E-state index in [0.29, 0.717) is 11.7 Å². The normalized spacial score (nSPS) is 36.2. The Bertz CT molecular complexity index is 286. The molecule has 1 fully saturated rings. The molecule has 0 spiro atoms. The van der Waals surface area contributed by atoms with E-state index in [1.165, 1.54) is 18.4 Å². The lowest BCUT2D eigenvalue weighted by Gasteiger charge is -2.45. The quantitative estimate of drug-likeness (QED) is 0.575. The first-order chi connectivity index (χ1) is 6.51. The summed E-state index contributed by atoms with van der Waals surface area (Å²) >= 11 is 0. The highest BCUT2D eigenvalue weighted by Crippen LogP contribution is 2.49. The number of ketones is 1. The average Bonchev–Trinajstić information content (AvgIpc) is 2.13. The van der Waals surface area contributed by atoms with Crippen LogP contribution in [0, 0.1) is 17.3 Å². The van der Waals surface area contributed by atoms with Crippen LogP contribution in [0.5, 0.6) is 0 Å². The van der Waals surface area contributed by atoms with Gasteiger partial charge in [0.25, 0.3) is 0 Å². The Balaban J connectivity index is 2.35. The van der Waals surface area contributed by atoms with Crippen LogP contribution in [0.2, 0.25) is 0 Å². The van der Waals surface area contributed by atoms with E-state index in [1.807, 2.05) is 6.08 Å². The summed E-state index contributed by atoms with van der Waals surface area (Å²) in [6, 6.07) is 0. The van der Waals surface area contributed by atoms with Crippen molar-refractivity contribution >= 4 is 5.78 Å². The van der Waals surface area contributed by atoms with Crippen LogP contribution in [0.15, 0.2) is 11.6 Å². The summed E-state index contributed by atoms with van der Waals surface area (Å²) in [5, 5.41) is 0. The zero-order chi connectivity index (χ0) is 10.3. The monoisotopic (exact) mass is 192 g/mol. The van der Waals surface area contributed by atoms with E-state index >= 15 is 0 Å². The summed E-state index contributed by atoms with van der Waals surface area (Å²) in [7, 11) is 0. The fourth-order valence-electron chi connectivity index (χ4n) is 2.94. The fourth-order valence-corrected chi connectivity index (χ4v) is 2.94. The Morgan fingerprint density at radius 2 is 2.00 bits per heavy atom. The van der Waals surface area contributed by atoms with Crippen molar-refractivity contribution in [1.82, 2.24) is 0 Å². The molecule has 0 N–H and O–H groups in total. The minimum atomic E-state index is 0.249. The zero-order valence-electron chi connectivity index (χ0n) is 9.47. The Morgan fingerprint density at radius 3 is 2.71 bits per heavy atom. The van der Waals surface area contributed by atoms with Gasteiger partial charge in [0.15, 0.2) is 5.78 Å². The molecule has 2 atom stereocenters. The molecule has 0 aromatic carbocycles. The van der Waals surface area contributed by atoms with E-state index in [9.17, 15) is 4.79 Å². The van der Waals surface area contributed by atoms with Gasteiger partial charge in [-0.05, 0) is 42.6 Å². The molecular formula is C13H20O. The second-order valence-corrected chi connectivity index (χ2v) is 5.50. The summed E-state index contributed by atoms with van der Waals surface area (Å²) in [6.07, 6.45) is 6.44. The summed E-state index contributed by atoms with van der Waals surface area (Å²) in [6.45, 7) is 6.92. The second kappa shape index (κ2) is 3.22. The minimum absolute atomic E-state index is 0.249. The maximum Gasteiger partial charge on any atom is 0.155 e. The number of allylic oxidation sites excluding steroid dienone is 2. The van der Waals surface area contributed by atoms with E-state index in [1.54, 1.807) is 0 Å². The molecule has 0 radical (unpaired) electrons. The van der Waals surface area contributed by atoms with Crippen molar-refractivity contribution in [3.63, 3.8) is 0 Å². The van der Waals surface area contributed by atoms with Crippen molar-refractivity contribution in [2.45, 2.75) is 46.5 Å². The third-order valence-electron chi connectivity index (χ3n) is 4.42. The molecule has 1 heteroatoms. The molecule has 0 saturated heterocycles. The molecule has 1 saturated carbocycles. The second-order valence-electron chi connectivity index (χ2n) is 5.50. The van der Waals surface area contributed by atoms with Crippen LogP contribution in [0.25, 0.3) is 0 Å². The molecule has 1 nitrogen and oxygen atoms in total. The summed E-state index contributed by atoms with van der Waals surface area (Å²) in [4.78, 5) is 11.4. The highest BCUT2D eigenvalue weighted by atomic mass is 16.1. The number of hydrogen-bond acceptors (Lipinski definition) is 1. The van der Waals surface area contributed by atoms with Gasteiger partial charge in [0.2, 0.25) is 0 Å². The van der Waals surface area contributed by atoms with Gasteiger partial charge in [-0.25, -0.2) is 0 Å². The number of rotatable bonds is 0. The molecule has 0 aromatic rings. The summed E-state index contributed by atoms with van der Waals surface area (Å²) < 4.78 is 0. The highest BCUT2D eigenvalue weighted by Gasteiger charge is 2.40. The Morgan fingerprint density at radius 1 is 1.29 bits per heavy atom. The predicted octanol–water partition coefficient (Wildman–Crippen LogP) is 3.35. The molecule has 0 heterocycles. The van der Waals surface area contributed by atoms with Gasteiger partial charge in [-0.2, -0.15) is 0 Å². The highest BCUT2D eigenvalue weighted by molar-refractivity contribution is 5.91. The van der Waals surface area contributed by atoms with Crippen LogP contribution in [-0.4, -0.2) is 5.78 Å². The SMILES string of the molecule is CC1CCC2CCC(=O)C=C2C1(C)C. The number of carbonyl (C=O) groups is 1. The van der Waals surface area contributed by atoms with Crippen LogP contribution in [0.3, 0.4) is 0 Å². The number of carbonyl (C=O) groups excluding carboxylic acids is 1. The molecule has 2 rings (SSSR count). The Labute approximate surface area is 86.6 Å². The lowest BCUT2D eigenvalue weighted by Crippen LogP contribution is -2.35. The maximum atomic E-state index is 11.4. The van der Waals surface area contributed by atoms with Crippen molar-refractivity contribution in [3.05, 3.63) is 11.6 Å². The van der Waals surface area contributed by atoms with Crippen molar-refractivity contribution in [1.29, 1.82) is 0 Å². The largest absolute Gasteiger partial charge is 0.295 e. The van der Waals surface area contributed by atoms with Crippen molar-refractivity contribution in [2.75, 3.05) is 0 Å². The zero-order valence-corrected chi connectivity index (χ0v) is 9.47. The maximum absolute atomic E-state index is 11.4. The van der Waals surface area contributed by atoms with Gasteiger partial charge in [0.1, 0.15) is 0 Å². The van der Waals surface area contributed by atoms with Gasteiger partial charge in [-0.3, -0.25) is 4.79 Å². The first kappa shape index (κ1) is 9.95. The first-order valence-corrected chi connectivity index (χ1v) is 5.76. The molecule has 2 aliphatic rings. The molecule has 0 amide bonds. The average molecular weight is 192 g/mol. The van der Waals surface area contributed by atoms with Gasteiger partial charge in [0.05, 0.1) is 0 Å². The lowest BCUT2D eigenvalue weighted by molar-refractivity contribution is -0.115. The fraction of sp³-hybridized carbons (Fsp3) is 0.769. The number of fused-ring (bicyclic) bond motifs is 1. The first-order valence-electron chi connectivity index (χ1n) is 5.76. The van der Waals surface area contributed by atoms with Crippen molar-refractivity contribution < 1.29 is 4.79 Å². The smallest absolute Gasteiger partial charge is 0.155 e.